The average molecular weight is 260 g/mol. The van der Waals surface area contributed by atoms with Gasteiger partial charge < -0.3 is 10.5 Å². The zero-order valence-electron chi connectivity index (χ0n) is 10.1. The highest BCUT2D eigenvalue weighted by atomic mass is 35.5. The van der Waals surface area contributed by atoms with Gasteiger partial charge in [-0.3, -0.25) is 0 Å². The average Bonchev–Trinajstić information content (AvgIpc) is 2.28. The van der Waals surface area contributed by atoms with Gasteiger partial charge in [0.1, 0.15) is 5.82 Å². The fraction of sp³-hybridized carbons (Fsp3) is 0.538. The Hall–Kier alpha value is -0.640. The Morgan fingerprint density at radius 3 is 2.82 bits per heavy atom. The van der Waals surface area contributed by atoms with Crippen LogP contribution in [-0.4, -0.2) is 19.3 Å². The molecule has 0 aliphatic heterocycles. The summed E-state index contributed by atoms with van der Waals surface area (Å²) in [6.07, 6.45) is 2.25. The van der Waals surface area contributed by atoms with Gasteiger partial charge in [-0.15, -0.1) is 0 Å². The minimum absolute atomic E-state index is 0.0810. The van der Waals surface area contributed by atoms with Crippen LogP contribution in [0.2, 0.25) is 5.02 Å². The Morgan fingerprint density at radius 2 is 2.18 bits per heavy atom. The van der Waals surface area contributed by atoms with Crippen molar-refractivity contribution < 1.29 is 9.13 Å². The highest BCUT2D eigenvalue weighted by molar-refractivity contribution is 6.30. The van der Waals surface area contributed by atoms with Crippen LogP contribution in [0.1, 0.15) is 25.3 Å². The molecule has 0 amide bonds. The van der Waals surface area contributed by atoms with Crippen molar-refractivity contribution >= 4 is 11.6 Å². The van der Waals surface area contributed by atoms with Gasteiger partial charge >= 0.3 is 0 Å². The Bertz CT molecular complexity index is 346. The molecule has 0 spiro atoms. The number of hydrogen-bond donors (Lipinski definition) is 1. The Kier molecular flexibility index (Phi) is 6.48. The maximum Gasteiger partial charge on any atom is 0.127 e. The Morgan fingerprint density at radius 1 is 1.41 bits per heavy atom. The van der Waals surface area contributed by atoms with Gasteiger partial charge in [-0.05, 0) is 37.0 Å². The van der Waals surface area contributed by atoms with Crippen LogP contribution in [0.4, 0.5) is 4.39 Å². The molecule has 96 valence electrons. The van der Waals surface area contributed by atoms with Crippen LogP contribution in [0.5, 0.6) is 0 Å². The maximum absolute atomic E-state index is 13.5. The second-order valence-electron chi connectivity index (χ2n) is 4.10. The first-order chi connectivity index (χ1) is 8.13. The first-order valence-corrected chi connectivity index (χ1v) is 6.28. The predicted molar refractivity (Wildman–Crippen MR) is 68.8 cm³/mol. The molecule has 17 heavy (non-hydrogen) atoms. The molecule has 0 bridgehead atoms. The summed E-state index contributed by atoms with van der Waals surface area (Å²) in [5.74, 6) is -0.289. The molecule has 1 aromatic carbocycles. The van der Waals surface area contributed by atoms with E-state index in [1.165, 1.54) is 6.07 Å². The number of ether oxygens (including phenoxy) is 1. The molecule has 0 aliphatic rings. The zero-order valence-corrected chi connectivity index (χ0v) is 10.8. The molecule has 1 aromatic rings. The molecular weight excluding hydrogens is 241 g/mol. The molecule has 0 aliphatic carbocycles. The Balaban J connectivity index is 2.37. The van der Waals surface area contributed by atoms with Crippen molar-refractivity contribution in [3.63, 3.8) is 0 Å². The van der Waals surface area contributed by atoms with Crippen molar-refractivity contribution in [3.8, 4) is 0 Å². The topological polar surface area (TPSA) is 35.2 Å². The maximum atomic E-state index is 13.5. The molecule has 0 saturated carbocycles. The van der Waals surface area contributed by atoms with Crippen LogP contribution in [0.3, 0.4) is 0 Å². The van der Waals surface area contributed by atoms with Crippen molar-refractivity contribution in [1.82, 2.24) is 0 Å². The van der Waals surface area contributed by atoms with E-state index in [9.17, 15) is 4.39 Å². The quantitative estimate of drug-likeness (QED) is 0.764. The summed E-state index contributed by atoms with van der Waals surface area (Å²) >= 11 is 5.68. The first-order valence-electron chi connectivity index (χ1n) is 5.90. The second kappa shape index (κ2) is 7.64. The lowest BCUT2D eigenvalue weighted by molar-refractivity contribution is 0.127. The normalized spacial score (nSPS) is 12.7. The number of nitrogens with two attached hydrogens (primary N) is 1. The van der Waals surface area contributed by atoms with Gasteiger partial charge in [0.15, 0.2) is 0 Å². The third kappa shape index (κ3) is 5.48. The highest BCUT2D eigenvalue weighted by Crippen LogP contribution is 2.16. The van der Waals surface area contributed by atoms with E-state index >= 15 is 0 Å². The minimum Gasteiger partial charge on any atom is -0.381 e. The first kappa shape index (κ1) is 14.4. The molecule has 2 nitrogen and oxygen atoms in total. The zero-order chi connectivity index (χ0) is 12.7. The van der Waals surface area contributed by atoms with Crippen LogP contribution in [-0.2, 0) is 11.2 Å². The van der Waals surface area contributed by atoms with E-state index in [0.717, 1.165) is 19.4 Å². The van der Waals surface area contributed by atoms with E-state index in [1.54, 1.807) is 12.1 Å². The van der Waals surface area contributed by atoms with Gasteiger partial charge in [0, 0.05) is 24.3 Å². The van der Waals surface area contributed by atoms with Crippen molar-refractivity contribution in [2.45, 2.75) is 32.2 Å². The molecule has 4 heteroatoms. The highest BCUT2D eigenvalue weighted by Gasteiger charge is 2.08. The van der Waals surface area contributed by atoms with Crippen molar-refractivity contribution in [3.05, 3.63) is 34.6 Å². The SMILES string of the molecule is CCCOCCC(N)Cc1ccc(Cl)cc1F. The molecule has 2 N–H and O–H groups in total. The molecule has 1 rings (SSSR count). The van der Waals surface area contributed by atoms with Crippen LogP contribution < -0.4 is 5.73 Å². The minimum atomic E-state index is -0.289. The van der Waals surface area contributed by atoms with E-state index in [-0.39, 0.29) is 11.9 Å². The van der Waals surface area contributed by atoms with Crippen LogP contribution in [0, 0.1) is 5.82 Å². The van der Waals surface area contributed by atoms with E-state index < -0.39 is 0 Å². The Labute approximate surface area is 107 Å². The van der Waals surface area contributed by atoms with Gasteiger partial charge in [-0.1, -0.05) is 24.6 Å². The second-order valence-corrected chi connectivity index (χ2v) is 4.54. The lowest BCUT2D eigenvalue weighted by Crippen LogP contribution is -2.25. The van der Waals surface area contributed by atoms with Crippen molar-refractivity contribution in [1.29, 1.82) is 0 Å². The summed E-state index contributed by atoms with van der Waals surface area (Å²) in [5.41, 5.74) is 6.52. The number of halogens is 2. The summed E-state index contributed by atoms with van der Waals surface area (Å²) < 4.78 is 18.8. The standard InChI is InChI=1S/C13H19ClFNO/c1-2-6-17-7-5-12(16)8-10-3-4-11(14)9-13(10)15/h3-4,9,12H,2,5-8,16H2,1H3. The molecule has 0 heterocycles. The van der Waals surface area contributed by atoms with Gasteiger partial charge in [0.05, 0.1) is 0 Å². The summed E-state index contributed by atoms with van der Waals surface area (Å²) in [6, 6.07) is 4.60. The fourth-order valence-electron chi connectivity index (χ4n) is 1.55. The summed E-state index contributed by atoms with van der Waals surface area (Å²) in [5, 5.41) is 0.408. The number of benzene rings is 1. The van der Waals surface area contributed by atoms with Gasteiger partial charge in [0.25, 0.3) is 0 Å². The van der Waals surface area contributed by atoms with Crippen LogP contribution in [0.15, 0.2) is 18.2 Å². The number of rotatable bonds is 7. The lowest BCUT2D eigenvalue weighted by Gasteiger charge is -2.12. The molecule has 0 aromatic heterocycles. The third-order valence-electron chi connectivity index (χ3n) is 2.48. The van der Waals surface area contributed by atoms with Gasteiger partial charge in [0.2, 0.25) is 0 Å². The number of hydrogen-bond acceptors (Lipinski definition) is 2. The van der Waals surface area contributed by atoms with Crippen molar-refractivity contribution in [2.24, 2.45) is 5.73 Å². The van der Waals surface area contributed by atoms with Crippen LogP contribution in [0.25, 0.3) is 0 Å². The monoisotopic (exact) mass is 259 g/mol. The predicted octanol–water partition coefficient (Wildman–Crippen LogP) is 3.17. The smallest absolute Gasteiger partial charge is 0.127 e. The molecule has 0 saturated heterocycles. The van der Waals surface area contributed by atoms with E-state index in [2.05, 4.69) is 6.92 Å². The van der Waals surface area contributed by atoms with Gasteiger partial charge in [-0.2, -0.15) is 0 Å². The molecule has 1 atom stereocenters. The largest absolute Gasteiger partial charge is 0.381 e. The third-order valence-corrected chi connectivity index (χ3v) is 2.71. The van der Waals surface area contributed by atoms with Gasteiger partial charge in [-0.25, -0.2) is 4.39 Å². The lowest BCUT2D eigenvalue weighted by atomic mass is 10.0. The van der Waals surface area contributed by atoms with E-state index in [1.807, 2.05) is 0 Å². The van der Waals surface area contributed by atoms with E-state index in [0.29, 0.717) is 23.6 Å². The summed E-state index contributed by atoms with van der Waals surface area (Å²) in [6.45, 7) is 3.44. The summed E-state index contributed by atoms with van der Waals surface area (Å²) in [4.78, 5) is 0. The van der Waals surface area contributed by atoms with Crippen molar-refractivity contribution in [2.75, 3.05) is 13.2 Å². The van der Waals surface area contributed by atoms with Crippen LogP contribution >= 0.6 is 11.6 Å². The summed E-state index contributed by atoms with van der Waals surface area (Å²) in [7, 11) is 0. The molecule has 0 radical (unpaired) electrons. The molecule has 0 fully saturated rings. The van der Waals surface area contributed by atoms with E-state index in [4.69, 9.17) is 22.1 Å². The fourth-order valence-corrected chi connectivity index (χ4v) is 1.71. The molecular formula is C13H19ClFNO. The molecule has 1 unspecified atom stereocenters.